The molecule has 2 amide bonds. The minimum absolute atomic E-state index is 0.110. The van der Waals surface area contributed by atoms with E-state index >= 15 is 0 Å². The van der Waals surface area contributed by atoms with Crippen molar-refractivity contribution >= 4 is 11.8 Å². The molecule has 120 valence electrons. The Bertz CT molecular complexity index is 737. The van der Waals surface area contributed by atoms with Crippen LogP contribution in [0.1, 0.15) is 30.6 Å². The van der Waals surface area contributed by atoms with Gasteiger partial charge >= 0.3 is 0 Å². The fourth-order valence-electron chi connectivity index (χ4n) is 3.23. The highest BCUT2D eigenvalue weighted by Crippen LogP contribution is 2.49. The van der Waals surface area contributed by atoms with Crippen molar-refractivity contribution in [2.45, 2.75) is 20.3 Å². The van der Waals surface area contributed by atoms with Gasteiger partial charge in [-0.25, -0.2) is 4.39 Å². The van der Waals surface area contributed by atoms with E-state index < -0.39 is 17.1 Å². The van der Waals surface area contributed by atoms with E-state index in [0.717, 1.165) is 0 Å². The molecule has 3 rings (SSSR count). The molecule has 0 bridgehead atoms. The standard InChI is InChI=1S/C17H18FN3O2/c1-17(2)11-6-7-12(13(18)14(11)21(3)16(17)23)20-15(22)10-5-4-8-19-9-10/h4-5,7-9,11H,6H2,1-3H3,(H,20,22). The Labute approximate surface area is 133 Å². The second-order valence-corrected chi connectivity index (χ2v) is 6.39. The third-order valence-corrected chi connectivity index (χ3v) is 4.61. The number of rotatable bonds is 2. The first kappa shape index (κ1) is 15.4. The molecule has 23 heavy (non-hydrogen) atoms. The highest BCUT2D eigenvalue weighted by atomic mass is 19.1. The Kier molecular flexibility index (Phi) is 3.55. The molecule has 1 N–H and O–H groups in total. The zero-order chi connectivity index (χ0) is 16.8. The van der Waals surface area contributed by atoms with Crippen LogP contribution < -0.4 is 5.32 Å². The van der Waals surface area contributed by atoms with Crippen LogP contribution in [0.15, 0.2) is 47.8 Å². The van der Waals surface area contributed by atoms with E-state index in [1.165, 1.54) is 11.1 Å². The Balaban J connectivity index is 1.89. The van der Waals surface area contributed by atoms with Gasteiger partial charge in [-0.15, -0.1) is 0 Å². The van der Waals surface area contributed by atoms with Gasteiger partial charge in [-0.05, 0) is 18.6 Å². The molecule has 5 nitrogen and oxygen atoms in total. The topological polar surface area (TPSA) is 62.3 Å². The number of hydrogen-bond acceptors (Lipinski definition) is 3. The van der Waals surface area contributed by atoms with E-state index in [4.69, 9.17) is 0 Å². The summed E-state index contributed by atoms with van der Waals surface area (Å²) in [5.74, 6) is -1.29. The molecular formula is C17H18FN3O2. The highest BCUT2D eigenvalue weighted by Gasteiger charge is 2.51. The van der Waals surface area contributed by atoms with Crippen LogP contribution in [0.4, 0.5) is 4.39 Å². The molecule has 0 saturated carbocycles. The Morgan fingerprint density at radius 1 is 1.48 bits per heavy atom. The van der Waals surface area contributed by atoms with E-state index in [1.54, 1.807) is 31.5 Å². The summed E-state index contributed by atoms with van der Waals surface area (Å²) in [4.78, 5) is 29.7. The van der Waals surface area contributed by atoms with Gasteiger partial charge in [0.2, 0.25) is 5.91 Å². The Morgan fingerprint density at radius 2 is 2.22 bits per heavy atom. The average Bonchev–Trinajstić information content (AvgIpc) is 2.72. The van der Waals surface area contributed by atoms with Crippen molar-refractivity contribution in [3.63, 3.8) is 0 Å². The molecule has 1 atom stereocenters. The molecule has 1 aromatic heterocycles. The van der Waals surface area contributed by atoms with Crippen molar-refractivity contribution in [3.05, 3.63) is 53.4 Å². The van der Waals surface area contributed by atoms with Crippen LogP contribution in [0.2, 0.25) is 0 Å². The van der Waals surface area contributed by atoms with E-state index in [-0.39, 0.29) is 17.5 Å². The minimum atomic E-state index is -0.642. The van der Waals surface area contributed by atoms with Gasteiger partial charge in [0.15, 0.2) is 5.83 Å². The van der Waals surface area contributed by atoms with Gasteiger partial charge in [0.1, 0.15) is 0 Å². The lowest BCUT2D eigenvalue weighted by molar-refractivity contribution is -0.133. The molecule has 1 unspecified atom stereocenters. The molecule has 1 fully saturated rings. The van der Waals surface area contributed by atoms with Gasteiger partial charge in [0.25, 0.3) is 5.91 Å². The molecule has 2 heterocycles. The summed E-state index contributed by atoms with van der Waals surface area (Å²) < 4.78 is 14.8. The predicted molar refractivity (Wildman–Crippen MR) is 82.6 cm³/mol. The van der Waals surface area contributed by atoms with Crippen molar-refractivity contribution in [3.8, 4) is 0 Å². The summed E-state index contributed by atoms with van der Waals surface area (Å²) in [6.07, 6.45) is 5.13. The van der Waals surface area contributed by atoms with Crippen molar-refractivity contribution in [2.24, 2.45) is 11.3 Å². The summed E-state index contributed by atoms with van der Waals surface area (Å²) in [6, 6.07) is 3.24. The molecule has 6 heteroatoms. The van der Waals surface area contributed by atoms with Crippen molar-refractivity contribution < 1.29 is 14.0 Å². The number of carbonyl (C=O) groups excluding carboxylic acids is 2. The number of nitrogens with zero attached hydrogens (tertiary/aromatic N) is 2. The quantitative estimate of drug-likeness (QED) is 0.911. The third kappa shape index (κ3) is 2.34. The van der Waals surface area contributed by atoms with Crippen LogP contribution >= 0.6 is 0 Å². The third-order valence-electron chi connectivity index (χ3n) is 4.61. The fraction of sp³-hybridized carbons (Fsp3) is 0.353. The van der Waals surface area contributed by atoms with Gasteiger partial charge < -0.3 is 10.2 Å². The number of hydrogen-bond donors (Lipinski definition) is 1. The first-order valence-electron chi connectivity index (χ1n) is 7.43. The number of halogens is 1. The van der Waals surface area contributed by atoms with Crippen LogP contribution in [-0.2, 0) is 4.79 Å². The second kappa shape index (κ2) is 5.30. The van der Waals surface area contributed by atoms with Crippen molar-refractivity contribution in [1.82, 2.24) is 15.2 Å². The Morgan fingerprint density at radius 3 is 2.87 bits per heavy atom. The molecule has 1 aromatic rings. The Hall–Kier alpha value is -2.50. The lowest BCUT2D eigenvalue weighted by Crippen LogP contribution is -2.29. The maximum absolute atomic E-state index is 14.8. The largest absolute Gasteiger partial charge is 0.320 e. The molecular weight excluding hydrogens is 297 g/mol. The zero-order valence-electron chi connectivity index (χ0n) is 13.3. The number of pyridine rings is 1. The van der Waals surface area contributed by atoms with Crippen LogP contribution in [0, 0.1) is 11.3 Å². The molecule has 1 aliphatic carbocycles. The van der Waals surface area contributed by atoms with E-state index in [0.29, 0.717) is 17.7 Å². The summed E-state index contributed by atoms with van der Waals surface area (Å²) in [7, 11) is 1.57. The first-order chi connectivity index (χ1) is 10.8. The SMILES string of the molecule is CN1C(=O)C(C)(C)C2CC=C(NC(=O)c3cccnc3)C(F)=C21. The number of aromatic nitrogens is 1. The lowest BCUT2D eigenvalue weighted by Gasteiger charge is -2.26. The minimum Gasteiger partial charge on any atom is -0.320 e. The number of fused-ring (bicyclic) bond motifs is 1. The second-order valence-electron chi connectivity index (χ2n) is 6.39. The van der Waals surface area contributed by atoms with Crippen molar-refractivity contribution in [1.29, 1.82) is 0 Å². The van der Waals surface area contributed by atoms with Gasteiger partial charge in [0.05, 0.1) is 22.4 Å². The smallest absolute Gasteiger partial charge is 0.257 e. The highest BCUT2D eigenvalue weighted by molar-refractivity contribution is 5.95. The van der Waals surface area contributed by atoms with Gasteiger partial charge in [-0.3, -0.25) is 14.6 Å². The number of amides is 2. The maximum atomic E-state index is 14.8. The number of carbonyl (C=O) groups is 2. The summed E-state index contributed by atoms with van der Waals surface area (Å²) in [5, 5.41) is 2.57. The van der Waals surface area contributed by atoms with Crippen LogP contribution in [0.25, 0.3) is 0 Å². The molecule has 0 aromatic carbocycles. The molecule has 0 radical (unpaired) electrons. The predicted octanol–water partition coefficient (Wildman–Crippen LogP) is 2.39. The number of nitrogens with one attached hydrogen (secondary N) is 1. The van der Waals surface area contributed by atoms with Gasteiger partial charge in [-0.1, -0.05) is 19.9 Å². The van der Waals surface area contributed by atoms with Gasteiger partial charge in [0, 0.05) is 25.4 Å². The molecule has 2 aliphatic rings. The fourth-order valence-corrected chi connectivity index (χ4v) is 3.23. The molecule has 0 spiro atoms. The molecule has 1 saturated heterocycles. The van der Waals surface area contributed by atoms with Crippen LogP contribution in [0.3, 0.4) is 0 Å². The van der Waals surface area contributed by atoms with E-state index in [9.17, 15) is 14.0 Å². The maximum Gasteiger partial charge on any atom is 0.257 e. The van der Waals surface area contributed by atoms with E-state index in [1.807, 2.05) is 13.8 Å². The number of likely N-dealkylation sites (tertiary alicyclic amines) is 1. The lowest BCUT2D eigenvalue weighted by atomic mass is 9.76. The monoisotopic (exact) mass is 315 g/mol. The van der Waals surface area contributed by atoms with Crippen LogP contribution in [-0.4, -0.2) is 28.7 Å². The average molecular weight is 315 g/mol. The van der Waals surface area contributed by atoms with Crippen LogP contribution in [0.5, 0.6) is 0 Å². The zero-order valence-corrected chi connectivity index (χ0v) is 13.3. The molecule has 1 aliphatic heterocycles. The van der Waals surface area contributed by atoms with Gasteiger partial charge in [-0.2, -0.15) is 0 Å². The summed E-state index contributed by atoms with van der Waals surface area (Å²) in [5.41, 5.74) is 0.174. The normalized spacial score (nSPS) is 22.8. The van der Waals surface area contributed by atoms with Crippen molar-refractivity contribution in [2.75, 3.05) is 7.05 Å². The summed E-state index contributed by atoms with van der Waals surface area (Å²) in [6.45, 7) is 3.65. The number of allylic oxidation sites excluding steroid dienone is 3. The first-order valence-corrected chi connectivity index (χ1v) is 7.43. The van der Waals surface area contributed by atoms with E-state index in [2.05, 4.69) is 10.3 Å². The summed E-state index contributed by atoms with van der Waals surface area (Å²) >= 11 is 0.